The fourth-order valence-corrected chi connectivity index (χ4v) is 2.58. The van der Waals surface area contributed by atoms with Crippen LogP contribution in [0.5, 0.6) is 5.75 Å². The maximum atomic E-state index is 12.6. The minimum absolute atomic E-state index is 0.0994. The Bertz CT molecular complexity index is 652. The zero-order valence-corrected chi connectivity index (χ0v) is 13.0. The van der Waals surface area contributed by atoms with E-state index in [-0.39, 0.29) is 5.91 Å². The first-order chi connectivity index (χ1) is 10.3. The molecule has 1 atom stereocenters. The normalized spacial score (nSPS) is 20.8. The Kier molecular flexibility index (Phi) is 4.07. The highest BCUT2D eigenvalue weighted by atomic mass is 16.5. The minimum atomic E-state index is -0.797. The summed E-state index contributed by atoms with van der Waals surface area (Å²) in [5.41, 5.74) is 0.687. The van der Waals surface area contributed by atoms with E-state index in [1.54, 1.807) is 32.2 Å². The molecule has 1 unspecified atom stereocenters. The minimum Gasteiger partial charge on any atom is -0.624 e. The predicted octanol–water partition coefficient (Wildman–Crippen LogP) is 1.24. The van der Waals surface area contributed by atoms with E-state index >= 15 is 0 Å². The molecule has 2 rings (SSSR count). The standard InChI is InChI=1S/C15H19N3O4/c1-15(7-8-17(3)21)11-6-5-10(22-14(20)16-2)9-12(11)18(4)13(15)19/h5-6,8-9H,7H2,1-4H3,(H,16,20)/b17-8+. The van der Waals surface area contributed by atoms with Crippen molar-refractivity contribution < 1.29 is 19.1 Å². The Balaban J connectivity index is 2.41. The first-order valence-electron chi connectivity index (χ1n) is 6.85. The largest absolute Gasteiger partial charge is 0.624 e. The van der Waals surface area contributed by atoms with E-state index in [0.29, 0.717) is 22.6 Å². The fraction of sp³-hybridized carbons (Fsp3) is 0.400. The Morgan fingerprint density at radius 3 is 2.82 bits per heavy atom. The third kappa shape index (κ3) is 2.61. The van der Waals surface area contributed by atoms with Crippen LogP contribution in [0.3, 0.4) is 0 Å². The number of ether oxygens (including phenoxy) is 1. The fourth-order valence-electron chi connectivity index (χ4n) is 2.58. The summed E-state index contributed by atoms with van der Waals surface area (Å²) in [5.74, 6) is 0.254. The monoisotopic (exact) mass is 305 g/mol. The summed E-state index contributed by atoms with van der Waals surface area (Å²) in [6, 6.07) is 5.04. The lowest BCUT2D eigenvalue weighted by atomic mass is 9.81. The number of hydroxylamine groups is 1. The number of carbonyl (C=O) groups excluding carboxylic acids is 2. The van der Waals surface area contributed by atoms with E-state index in [2.05, 4.69) is 5.32 Å². The summed E-state index contributed by atoms with van der Waals surface area (Å²) in [6.07, 6.45) is 1.17. The number of hydrogen-bond donors (Lipinski definition) is 1. The topological polar surface area (TPSA) is 84.7 Å². The molecule has 0 spiro atoms. The number of nitrogens with zero attached hydrogens (tertiary/aromatic N) is 2. The van der Waals surface area contributed by atoms with Crippen molar-refractivity contribution >= 4 is 23.9 Å². The van der Waals surface area contributed by atoms with Crippen LogP contribution in [-0.2, 0) is 10.2 Å². The molecule has 22 heavy (non-hydrogen) atoms. The van der Waals surface area contributed by atoms with Crippen LogP contribution in [0.4, 0.5) is 10.5 Å². The van der Waals surface area contributed by atoms with Crippen molar-refractivity contribution in [2.75, 3.05) is 26.0 Å². The van der Waals surface area contributed by atoms with Crippen LogP contribution in [0.25, 0.3) is 0 Å². The van der Waals surface area contributed by atoms with Gasteiger partial charge >= 0.3 is 6.09 Å². The summed E-state index contributed by atoms with van der Waals surface area (Å²) in [4.78, 5) is 25.3. The lowest BCUT2D eigenvalue weighted by Crippen LogP contribution is -2.36. The molecule has 1 aromatic carbocycles. The maximum Gasteiger partial charge on any atom is 0.412 e. The van der Waals surface area contributed by atoms with Crippen LogP contribution in [-0.4, -0.2) is 44.1 Å². The predicted molar refractivity (Wildman–Crippen MR) is 82.5 cm³/mol. The van der Waals surface area contributed by atoms with Gasteiger partial charge in [0, 0.05) is 26.6 Å². The Labute approximate surface area is 128 Å². The second-order valence-corrected chi connectivity index (χ2v) is 5.45. The zero-order valence-electron chi connectivity index (χ0n) is 13.0. The van der Waals surface area contributed by atoms with Gasteiger partial charge in [0.25, 0.3) is 0 Å². The number of anilines is 1. The molecule has 0 bridgehead atoms. The summed E-state index contributed by atoms with van der Waals surface area (Å²) in [6.45, 7) is 1.80. The van der Waals surface area contributed by atoms with Crippen molar-refractivity contribution in [2.24, 2.45) is 0 Å². The van der Waals surface area contributed by atoms with E-state index in [4.69, 9.17) is 4.74 Å². The quantitative estimate of drug-likeness (QED) is 0.394. The molecule has 0 saturated heterocycles. The molecular formula is C15H19N3O4. The van der Waals surface area contributed by atoms with Crippen molar-refractivity contribution in [1.29, 1.82) is 0 Å². The van der Waals surface area contributed by atoms with Crippen molar-refractivity contribution in [3.63, 3.8) is 0 Å². The number of nitrogens with one attached hydrogen (secondary N) is 1. The Morgan fingerprint density at radius 1 is 1.55 bits per heavy atom. The molecule has 1 aliphatic rings. The number of hydrogen-bond acceptors (Lipinski definition) is 4. The number of carbonyl (C=O) groups is 2. The highest BCUT2D eigenvalue weighted by Crippen LogP contribution is 2.44. The third-order valence-corrected chi connectivity index (χ3v) is 3.87. The van der Waals surface area contributed by atoms with Gasteiger partial charge in [-0.2, -0.15) is 0 Å². The third-order valence-electron chi connectivity index (χ3n) is 3.87. The van der Waals surface area contributed by atoms with Crippen LogP contribution in [0, 0.1) is 5.21 Å². The van der Waals surface area contributed by atoms with E-state index in [1.807, 2.05) is 0 Å². The van der Waals surface area contributed by atoms with Gasteiger partial charge in [-0.1, -0.05) is 6.07 Å². The molecule has 0 aliphatic carbocycles. The molecule has 0 aromatic heterocycles. The Morgan fingerprint density at radius 2 is 2.23 bits per heavy atom. The molecule has 2 amide bonds. The SMILES string of the molecule is CNC(=O)Oc1ccc2c(c1)N(C)C(=O)C2(C)C/C=[N+](\C)[O-]. The van der Waals surface area contributed by atoms with Crippen molar-refractivity contribution in [2.45, 2.75) is 18.8 Å². The van der Waals surface area contributed by atoms with Gasteiger partial charge in [0.15, 0.2) is 6.21 Å². The first kappa shape index (κ1) is 15.8. The highest BCUT2D eigenvalue weighted by Gasteiger charge is 2.46. The van der Waals surface area contributed by atoms with E-state index in [1.165, 1.54) is 25.2 Å². The number of amides is 2. The number of rotatable bonds is 3. The van der Waals surface area contributed by atoms with Gasteiger partial charge in [0.05, 0.1) is 11.1 Å². The molecule has 0 radical (unpaired) electrons. The molecular weight excluding hydrogens is 286 g/mol. The second-order valence-electron chi connectivity index (χ2n) is 5.45. The van der Waals surface area contributed by atoms with Crippen LogP contribution in [0.15, 0.2) is 18.2 Å². The Hall–Kier alpha value is -2.57. The lowest BCUT2D eigenvalue weighted by molar-refractivity contribution is -0.418. The van der Waals surface area contributed by atoms with E-state index < -0.39 is 11.5 Å². The van der Waals surface area contributed by atoms with Crippen molar-refractivity contribution in [1.82, 2.24) is 5.32 Å². The number of benzene rings is 1. The maximum absolute atomic E-state index is 12.6. The number of likely N-dealkylation sites (N-methyl/N-ethyl adjacent to an activating group) is 1. The van der Waals surface area contributed by atoms with Gasteiger partial charge in [0.2, 0.25) is 5.91 Å². The first-order valence-corrected chi connectivity index (χ1v) is 6.85. The second kappa shape index (κ2) is 5.67. The molecule has 7 nitrogen and oxygen atoms in total. The van der Waals surface area contributed by atoms with Gasteiger partial charge in [-0.05, 0) is 18.6 Å². The van der Waals surface area contributed by atoms with Crippen LogP contribution < -0.4 is 15.0 Å². The zero-order chi connectivity index (χ0) is 16.5. The van der Waals surface area contributed by atoms with Gasteiger partial charge in [-0.15, -0.1) is 0 Å². The molecule has 1 aliphatic heterocycles. The summed E-state index contributed by atoms with van der Waals surface area (Å²) < 4.78 is 5.78. The molecule has 0 fully saturated rings. The van der Waals surface area contributed by atoms with Gasteiger partial charge in [0.1, 0.15) is 12.8 Å². The molecule has 0 saturated carbocycles. The average Bonchev–Trinajstić information content (AvgIpc) is 2.67. The van der Waals surface area contributed by atoms with Crippen molar-refractivity contribution in [3.05, 3.63) is 29.0 Å². The van der Waals surface area contributed by atoms with Gasteiger partial charge in [-0.3, -0.25) is 4.79 Å². The summed E-state index contributed by atoms with van der Waals surface area (Å²) >= 11 is 0. The lowest BCUT2D eigenvalue weighted by Gasteiger charge is -2.20. The molecule has 118 valence electrons. The average molecular weight is 305 g/mol. The van der Waals surface area contributed by atoms with E-state index in [0.717, 1.165) is 5.56 Å². The number of fused-ring (bicyclic) bond motifs is 1. The molecule has 1 aromatic rings. The molecule has 1 N–H and O–H groups in total. The van der Waals surface area contributed by atoms with Gasteiger partial charge < -0.3 is 20.2 Å². The summed E-state index contributed by atoms with van der Waals surface area (Å²) in [7, 11) is 4.52. The smallest absolute Gasteiger partial charge is 0.412 e. The molecule has 1 heterocycles. The summed E-state index contributed by atoms with van der Waals surface area (Å²) in [5, 5.41) is 13.5. The van der Waals surface area contributed by atoms with Crippen LogP contribution in [0.1, 0.15) is 18.9 Å². The van der Waals surface area contributed by atoms with Gasteiger partial charge in [-0.25, -0.2) is 9.53 Å². The van der Waals surface area contributed by atoms with Crippen molar-refractivity contribution in [3.8, 4) is 5.75 Å². The van der Waals surface area contributed by atoms with Crippen LogP contribution >= 0.6 is 0 Å². The van der Waals surface area contributed by atoms with E-state index in [9.17, 15) is 14.8 Å². The highest BCUT2D eigenvalue weighted by molar-refractivity contribution is 6.08. The molecule has 7 heteroatoms. The van der Waals surface area contributed by atoms with Crippen LogP contribution in [0.2, 0.25) is 0 Å².